The summed E-state index contributed by atoms with van der Waals surface area (Å²) in [6, 6.07) is 7.29. The molecule has 0 radical (unpaired) electrons. The molecule has 11 heteroatoms. The third-order valence-corrected chi connectivity index (χ3v) is 5.16. The van der Waals surface area contributed by atoms with Crippen molar-refractivity contribution in [1.29, 1.82) is 0 Å². The van der Waals surface area contributed by atoms with E-state index >= 15 is 0 Å². The second-order valence-corrected chi connectivity index (χ2v) is 7.92. The molecule has 1 unspecified atom stereocenters. The number of hydrogen-bond acceptors (Lipinski definition) is 9. The average Bonchev–Trinajstić information content (AvgIpc) is 2.76. The number of sulfonamides is 1. The number of carbonyl (C=O) groups is 1. The van der Waals surface area contributed by atoms with Crippen molar-refractivity contribution >= 4 is 27.8 Å². The maximum Gasteiger partial charge on any atom is 0.340 e. The van der Waals surface area contributed by atoms with Gasteiger partial charge in [-0.3, -0.25) is 4.72 Å². The first kappa shape index (κ1) is 24.8. The van der Waals surface area contributed by atoms with Gasteiger partial charge in [0, 0.05) is 18.2 Å². The average molecular weight is 467 g/mol. The fraction of sp³-hybridized carbons (Fsp3) is 0.286. The van der Waals surface area contributed by atoms with Crippen molar-refractivity contribution in [3.8, 4) is 28.7 Å². The second kappa shape index (κ2) is 10.7. The summed E-state index contributed by atoms with van der Waals surface area (Å²) >= 11 is 0. The first-order valence-electron chi connectivity index (χ1n) is 9.22. The Morgan fingerprint density at radius 1 is 0.938 bits per heavy atom. The zero-order valence-corrected chi connectivity index (χ0v) is 19.1. The largest absolute Gasteiger partial charge is 0.496 e. The van der Waals surface area contributed by atoms with E-state index in [9.17, 15) is 18.3 Å². The summed E-state index contributed by atoms with van der Waals surface area (Å²) in [6.45, 7) is 1.24. The quantitative estimate of drug-likeness (QED) is 0.400. The van der Waals surface area contributed by atoms with Gasteiger partial charge in [0.1, 0.15) is 23.4 Å². The zero-order chi connectivity index (χ0) is 23.9. The van der Waals surface area contributed by atoms with Crippen molar-refractivity contribution in [2.24, 2.45) is 0 Å². The van der Waals surface area contributed by atoms with E-state index in [2.05, 4.69) is 4.72 Å². The number of anilines is 1. The molecule has 2 N–H and O–H groups in total. The number of benzene rings is 2. The molecule has 10 nitrogen and oxygen atoms in total. The molecule has 0 saturated carbocycles. The van der Waals surface area contributed by atoms with Crippen LogP contribution in [-0.4, -0.2) is 54.0 Å². The van der Waals surface area contributed by atoms with Crippen LogP contribution in [0.1, 0.15) is 12.5 Å². The Labute approximate surface area is 186 Å². The monoisotopic (exact) mass is 467 g/mol. The molecule has 0 bridgehead atoms. The highest BCUT2D eigenvalue weighted by Crippen LogP contribution is 2.35. The van der Waals surface area contributed by atoms with Crippen LogP contribution in [0, 0.1) is 0 Å². The lowest BCUT2D eigenvalue weighted by atomic mass is 10.1. The molecule has 32 heavy (non-hydrogen) atoms. The lowest BCUT2D eigenvalue weighted by molar-refractivity contribution is -0.142. The molecule has 0 aliphatic heterocycles. The molecule has 0 spiro atoms. The van der Waals surface area contributed by atoms with Gasteiger partial charge in [-0.15, -0.1) is 0 Å². The van der Waals surface area contributed by atoms with E-state index in [4.69, 9.17) is 23.7 Å². The van der Waals surface area contributed by atoms with Crippen LogP contribution in [-0.2, 0) is 14.8 Å². The van der Waals surface area contributed by atoms with Crippen LogP contribution >= 0.6 is 0 Å². The minimum absolute atomic E-state index is 0.0546. The summed E-state index contributed by atoms with van der Waals surface area (Å²) in [5, 5.41) is 10.3. The van der Waals surface area contributed by atoms with Gasteiger partial charge in [0.25, 0.3) is 10.0 Å². The molecule has 0 heterocycles. The normalized spacial score (nSPS) is 12.2. The van der Waals surface area contributed by atoms with Gasteiger partial charge >= 0.3 is 5.97 Å². The minimum atomic E-state index is -3.98. The van der Waals surface area contributed by atoms with Crippen molar-refractivity contribution < 1.29 is 42.0 Å². The molecular weight excluding hydrogens is 442 g/mol. The van der Waals surface area contributed by atoms with Gasteiger partial charge in [0.15, 0.2) is 11.5 Å². The molecule has 0 fully saturated rings. The zero-order valence-electron chi connectivity index (χ0n) is 18.2. The lowest BCUT2D eigenvalue weighted by Gasteiger charge is -2.13. The van der Waals surface area contributed by atoms with Crippen LogP contribution in [0.3, 0.4) is 0 Å². The third kappa shape index (κ3) is 6.28. The number of methoxy groups -OCH3 is 4. The maximum atomic E-state index is 12.6. The molecule has 0 aliphatic carbocycles. The molecule has 0 amide bonds. The van der Waals surface area contributed by atoms with Gasteiger partial charge < -0.3 is 28.8 Å². The number of rotatable bonds is 10. The van der Waals surface area contributed by atoms with Crippen LogP contribution in [0.5, 0.6) is 28.7 Å². The molecular formula is C21H25NO9S. The summed E-state index contributed by atoms with van der Waals surface area (Å²) in [4.78, 5) is 11.7. The molecule has 0 saturated heterocycles. The fourth-order valence-corrected chi connectivity index (χ4v) is 3.41. The van der Waals surface area contributed by atoms with Crippen molar-refractivity contribution in [3.63, 3.8) is 0 Å². The highest BCUT2D eigenvalue weighted by Gasteiger charge is 2.17. The Balaban J connectivity index is 2.33. The minimum Gasteiger partial charge on any atom is -0.496 e. The Kier molecular flexibility index (Phi) is 8.33. The van der Waals surface area contributed by atoms with E-state index in [-0.39, 0.29) is 17.2 Å². The van der Waals surface area contributed by atoms with Crippen LogP contribution in [0.25, 0.3) is 6.08 Å². The highest BCUT2D eigenvalue weighted by atomic mass is 32.2. The summed E-state index contributed by atoms with van der Waals surface area (Å²) in [5.74, 6) is 0.399. The predicted molar refractivity (Wildman–Crippen MR) is 118 cm³/mol. The second-order valence-electron chi connectivity index (χ2n) is 6.36. The molecule has 2 aromatic rings. The Hall–Kier alpha value is -3.44. The van der Waals surface area contributed by atoms with E-state index in [0.29, 0.717) is 22.8 Å². The van der Waals surface area contributed by atoms with E-state index in [1.54, 1.807) is 12.1 Å². The summed E-state index contributed by atoms with van der Waals surface area (Å²) in [7, 11) is 1.73. The predicted octanol–water partition coefficient (Wildman–Crippen LogP) is 2.42. The fourth-order valence-electron chi connectivity index (χ4n) is 2.57. The van der Waals surface area contributed by atoms with E-state index in [0.717, 1.165) is 5.41 Å². The van der Waals surface area contributed by atoms with Crippen LogP contribution in [0.15, 0.2) is 35.7 Å². The molecule has 1 atom stereocenters. The smallest absolute Gasteiger partial charge is 0.340 e. The lowest BCUT2D eigenvalue weighted by Crippen LogP contribution is -2.22. The van der Waals surface area contributed by atoms with Crippen molar-refractivity contribution in [2.45, 2.75) is 13.0 Å². The van der Waals surface area contributed by atoms with Crippen molar-refractivity contribution in [3.05, 3.63) is 41.3 Å². The van der Waals surface area contributed by atoms with Crippen molar-refractivity contribution in [2.75, 3.05) is 33.2 Å². The summed E-state index contributed by atoms with van der Waals surface area (Å²) in [6.07, 6.45) is -0.0467. The number of esters is 1. The van der Waals surface area contributed by atoms with E-state index in [1.165, 1.54) is 59.6 Å². The molecule has 174 valence electrons. The van der Waals surface area contributed by atoms with Crippen LogP contribution in [0.2, 0.25) is 0 Å². The Morgan fingerprint density at radius 2 is 1.53 bits per heavy atom. The van der Waals surface area contributed by atoms with Gasteiger partial charge in [0.05, 0.1) is 45.1 Å². The SMILES string of the molecule is COc1cc(OC)c(/C=C/S(=O)(=O)Nc2ccc(OC)c(OC(=O)C(C)O)c2)c(OC)c1. The topological polar surface area (TPSA) is 130 Å². The number of ether oxygens (including phenoxy) is 5. The van der Waals surface area contributed by atoms with Gasteiger partial charge in [-0.05, 0) is 25.1 Å². The summed E-state index contributed by atoms with van der Waals surface area (Å²) < 4.78 is 53.5. The van der Waals surface area contributed by atoms with Gasteiger partial charge in [-0.25, -0.2) is 13.2 Å². The Morgan fingerprint density at radius 3 is 2.03 bits per heavy atom. The number of carbonyl (C=O) groups excluding carboxylic acids is 1. The molecule has 0 aliphatic rings. The van der Waals surface area contributed by atoms with E-state index in [1.807, 2.05) is 0 Å². The molecule has 2 rings (SSSR count). The summed E-state index contributed by atoms with van der Waals surface area (Å²) in [5.41, 5.74) is 0.500. The standard InChI is InChI=1S/C21H25NO9S/c1-13(23)21(24)31-20-10-14(6-7-17(20)28-3)22-32(25,26)9-8-16-18(29-4)11-15(27-2)12-19(16)30-5/h6-13,22-23H,1-5H3/b9-8+. The third-order valence-electron chi connectivity index (χ3n) is 4.14. The maximum absolute atomic E-state index is 12.6. The molecule has 0 aromatic heterocycles. The molecule has 2 aromatic carbocycles. The van der Waals surface area contributed by atoms with Gasteiger partial charge in [-0.2, -0.15) is 0 Å². The van der Waals surface area contributed by atoms with Crippen molar-refractivity contribution in [1.82, 2.24) is 0 Å². The van der Waals surface area contributed by atoms with Gasteiger partial charge in [-0.1, -0.05) is 0 Å². The highest BCUT2D eigenvalue weighted by molar-refractivity contribution is 7.95. The first-order valence-corrected chi connectivity index (χ1v) is 10.8. The first-order chi connectivity index (χ1) is 15.1. The number of aliphatic hydroxyl groups excluding tert-OH is 1. The number of aliphatic hydroxyl groups is 1. The number of nitrogens with one attached hydrogen (secondary N) is 1. The van der Waals surface area contributed by atoms with Crippen LogP contribution in [0.4, 0.5) is 5.69 Å². The number of hydrogen-bond donors (Lipinski definition) is 2. The Bertz CT molecular complexity index is 1070. The van der Waals surface area contributed by atoms with Crippen LogP contribution < -0.4 is 28.4 Å². The van der Waals surface area contributed by atoms with Gasteiger partial charge in [0.2, 0.25) is 0 Å². The van der Waals surface area contributed by atoms with E-state index < -0.39 is 22.1 Å².